The van der Waals surface area contributed by atoms with Crippen molar-refractivity contribution >= 4 is 15.5 Å². The summed E-state index contributed by atoms with van der Waals surface area (Å²) in [5, 5.41) is 2.80. The lowest BCUT2D eigenvalue weighted by Crippen LogP contribution is -2.24. The number of benzene rings is 2. The van der Waals surface area contributed by atoms with Crippen LogP contribution in [0.5, 0.6) is 0 Å². The van der Waals surface area contributed by atoms with E-state index in [-0.39, 0.29) is 12.2 Å². The van der Waals surface area contributed by atoms with Gasteiger partial charge in [0.25, 0.3) is 9.84 Å². The van der Waals surface area contributed by atoms with Crippen LogP contribution >= 0.6 is 0 Å². The number of hydrogen-bond acceptors (Lipinski definition) is 4. The molecule has 0 bridgehead atoms. The Morgan fingerprint density at radius 2 is 1.62 bits per heavy atom. The van der Waals surface area contributed by atoms with Crippen molar-refractivity contribution in [1.29, 1.82) is 0 Å². The van der Waals surface area contributed by atoms with Crippen LogP contribution in [-0.4, -0.2) is 20.5 Å². The van der Waals surface area contributed by atoms with E-state index in [2.05, 4.69) is 5.32 Å². The number of ether oxygens (including phenoxy) is 1. The summed E-state index contributed by atoms with van der Waals surface area (Å²) in [5.74, 6) is 0. The predicted molar refractivity (Wildman–Crippen MR) is 93.4 cm³/mol. The molecule has 2 aromatic carbocycles. The van der Waals surface area contributed by atoms with Crippen LogP contribution in [0.3, 0.4) is 0 Å². The molecule has 0 aliphatic rings. The van der Waals surface area contributed by atoms with Crippen LogP contribution in [0.1, 0.15) is 24.5 Å². The third-order valence-corrected chi connectivity index (χ3v) is 5.22. The van der Waals surface area contributed by atoms with Crippen molar-refractivity contribution in [3.05, 3.63) is 59.7 Å². The molecule has 26 heavy (non-hydrogen) atoms. The van der Waals surface area contributed by atoms with Crippen LogP contribution in [0.4, 0.5) is 18.9 Å². The molecule has 0 aliphatic heterocycles. The van der Waals surface area contributed by atoms with Crippen molar-refractivity contribution in [2.24, 2.45) is 0 Å². The molecule has 0 aliphatic carbocycles. The quantitative estimate of drug-likeness (QED) is 0.677. The zero-order valence-corrected chi connectivity index (χ0v) is 15.0. The lowest BCUT2D eigenvalue weighted by Gasteiger charge is -2.15. The second kappa shape index (κ2) is 8.55. The van der Waals surface area contributed by atoms with E-state index < -0.39 is 20.2 Å². The number of para-hydroxylation sites is 1. The van der Waals surface area contributed by atoms with Gasteiger partial charge < -0.3 is 10.1 Å². The summed E-state index contributed by atoms with van der Waals surface area (Å²) < 4.78 is 67.6. The fourth-order valence-electron chi connectivity index (χ4n) is 2.36. The first-order chi connectivity index (χ1) is 12.3. The highest BCUT2D eigenvalue weighted by Gasteiger charge is 2.47. The standard InChI is InChI=1S/C18H20F3NO3S/c1-2-11-25-13-15-8-4-3-7-14(15)12-22-16-9-5-6-10-17(16)26(23,24)18(19,20)21/h3-10,22H,2,11-13H2,1H3. The van der Waals surface area contributed by atoms with Gasteiger partial charge in [0.05, 0.1) is 17.2 Å². The van der Waals surface area contributed by atoms with Crippen LogP contribution in [-0.2, 0) is 27.7 Å². The van der Waals surface area contributed by atoms with Gasteiger partial charge in [-0.15, -0.1) is 0 Å². The van der Waals surface area contributed by atoms with Crippen molar-refractivity contribution in [3.8, 4) is 0 Å². The van der Waals surface area contributed by atoms with E-state index in [4.69, 9.17) is 4.74 Å². The van der Waals surface area contributed by atoms with E-state index in [1.165, 1.54) is 18.2 Å². The molecule has 0 aromatic heterocycles. The smallest absolute Gasteiger partial charge is 0.380 e. The summed E-state index contributed by atoms with van der Waals surface area (Å²) in [6, 6.07) is 12.3. The number of hydrogen-bond donors (Lipinski definition) is 1. The Morgan fingerprint density at radius 1 is 1.00 bits per heavy atom. The van der Waals surface area contributed by atoms with Crippen molar-refractivity contribution in [2.45, 2.75) is 36.9 Å². The van der Waals surface area contributed by atoms with Gasteiger partial charge in [-0.2, -0.15) is 13.2 Å². The molecule has 0 spiro atoms. The molecule has 0 saturated heterocycles. The molecular formula is C18H20F3NO3S. The van der Waals surface area contributed by atoms with Gasteiger partial charge in [-0.3, -0.25) is 0 Å². The normalized spacial score (nSPS) is 12.2. The summed E-state index contributed by atoms with van der Waals surface area (Å²) >= 11 is 0. The lowest BCUT2D eigenvalue weighted by molar-refractivity contribution is -0.0435. The van der Waals surface area contributed by atoms with Gasteiger partial charge in [-0.25, -0.2) is 8.42 Å². The lowest BCUT2D eigenvalue weighted by atomic mass is 10.1. The van der Waals surface area contributed by atoms with E-state index in [0.29, 0.717) is 13.2 Å². The number of halogens is 3. The Morgan fingerprint density at radius 3 is 2.27 bits per heavy atom. The number of sulfone groups is 1. The highest BCUT2D eigenvalue weighted by atomic mass is 32.2. The van der Waals surface area contributed by atoms with Crippen LogP contribution < -0.4 is 5.32 Å². The molecule has 0 atom stereocenters. The monoisotopic (exact) mass is 387 g/mol. The zero-order valence-electron chi connectivity index (χ0n) is 14.2. The van der Waals surface area contributed by atoms with Crippen LogP contribution in [0.2, 0.25) is 0 Å². The maximum absolute atomic E-state index is 12.9. The maximum atomic E-state index is 12.9. The number of alkyl halides is 3. The molecule has 1 N–H and O–H groups in total. The average Bonchev–Trinajstić information content (AvgIpc) is 2.60. The molecule has 0 unspecified atom stereocenters. The van der Waals surface area contributed by atoms with Crippen molar-refractivity contribution in [3.63, 3.8) is 0 Å². The van der Waals surface area contributed by atoms with E-state index in [1.54, 1.807) is 6.07 Å². The SMILES string of the molecule is CCCOCc1ccccc1CNc1ccccc1S(=O)(=O)C(F)(F)F. The van der Waals surface area contributed by atoms with Gasteiger partial charge in [0.2, 0.25) is 0 Å². The second-order valence-electron chi connectivity index (χ2n) is 5.62. The van der Waals surface area contributed by atoms with E-state index in [9.17, 15) is 21.6 Å². The molecule has 142 valence electrons. The third kappa shape index (κ3) is 4.76. The van der Waals surface area contributed by atoms with Gasteiger partial charge in [-0.1, -0.05) is 43.3 Å². The molecule has 2 rings (SSSR count). The minimum Gasteiger partial charge on any atom is -0.380 e. The largest absolute Gasteiger partial charge is 0.501 e. The number of anilines is 1. The van der Waals surface area contributed by atoms with Crippen molar-refractivity contribution in [2.75, 3.05) is 11.9 Å². The first-order valence-corrected chi connectivity index (χ1v) is 9.54. The Hall–Kier alpha value is -2.06. The summed E-state index contributed by atoms with van der Waals surface area (Å²) in [4.78, 5) is -0.785. The summed E-state index contributed by atoms with van der Waals surface area (Å²) in [7, 11) is -5.43. The topological polar surface area (TPSA) is 55.4 Å². The highest BCUT2D eigenvalue weighted by Crippen LogP contribution is 2.34. The molecule has 0 radical (unpaired) electrons. The molecular weight excluding hydrogens is 367 g/mol. The highest BCUT2D eigenvalue weighted by molar-refractivity contribution is 7.92. The van der Waals surface area contributed by atoms with Crippen molar-refractivity contribution in [1.82, 2.24) is 0 Å². The van der Waals surface area contributed by atoms with Gasteiger partial charge in [0.1, 0.15) is 0 Å². The Balaban J connectivity index is 2.22. The van der Waals surface area contributed by atoms with Crippen molar-refractivity contribution < 1.29 is 26.3 Å². The summed E-state index contributed by atoms with van der Waals surface area (Å²) in [5.41, 5.74) is -3.72. The third-order valence-electron chi connectivity index (χ3n) is 3.67. The molecule has 4 nitrogen and oxygen atoms in total. The molecule has 2 aromatic rings. The van der Waals surface area contributed by atoms with E-state index >= 15 is 0 Å². The Labute approximate surface area is 150 Å². The minimum absolute atomic E-state index is 0.0888. The predicted octanol–water partition coefficient (Wildman–Crippen LogP) is 4.52. The second-order valence-corrected chi connectivity index (χ2v) is 7.53. The van der Waals surface area contributed by atoms with E-state index in [0.717, 1.165) is 23.6 Å². The van der Waals surface area contributed by atoms with Crippen LogP contribution in [0, 0.1) is 0 Å². The summed E-state index contributed by atoms with van der Waals surface area (Å²) in [6.45, 7) is 3.16. The minimum atomic E-state index is -5.43. The Kier molecular flexibility index (Phi) is 6.66. The fraction of sp³-hybridized carbons (Fsp3) is 0.333. The molecule has 0 heterocycles. The van der Waals surface area contributed by atoms with Gasteiger partial charge in [0, 0.05) is 13.2 Å². The first-order valence-electron chi connectivity index (χ1n) is 8.06. The maximum Gasteiger partial charge on any atom is 0.501 e. The van der Waals surface area contributed by atoms with Gasteiger partial charge >= 0.3 is 5.51 Å². The average molecular weight is 387 g/mol. The zero-order chi connectivity index (χ0) is 19.2. The van der Waals surface area contributed by atoms with Gasteiger partial charge in [-0.05, 0) is 29.7 Å². The first kappa shape index (κ1) is 20.3. The summed E-state index contributed by atoms with van der Waals surface area (Å²) in [6.07, 6.45) is 0.878. The molecule has 0 saturated carbocycles. The molecule has 0 fully saturated rings. The Bertz CT molecular complexity index is 836. The molecule has 0 amide bonds. The van der Waals surface area contributed by atoms with Gasteiger partial charge in [0.15, 0.2) is 0 Å². The fourth-order valence-corrected chi connectivity index (χ4v) is 3.30. The number of nitrogens with one attached hydrogen (secondary N) is 1. The number of rotatable bonds is 8. The van der Waals surface area contributed by atoms with E-state index in [1.807, 2.05) is 25.1 Å². The molecule has 8 heteroatoms. The van der Waals surface area contributed by atoms with Crippen LogP contribution in [0.15, 0.2) is 53.4 Å². The van der Waals surface area contributed by atoms with Crippen LogP contribution in [0.25, 0.3) is 0 Å².